The third-order valence-electron chi connectivity index (χ3n) is 8.32. The molecular weight excluding hydrogens is 470 g/mol. The Hall–Kier alpha value is -3.68. The van der Waals surface area contributed by atoms with Crippen LogP contribution in [0.4, 0.5) is 0 Å². The molecule has 0 radical (unpaired) electrons. The Kier molecular flexibility index (Phi) is 5.90. The molecular formula is C31H35N7. The Morgan fingerprint density at radius 1 is 0.789 bits per heavy atom. The number of aromatic amines is 1. The van der Waals surface area contributed by atoms with Crippen LogP contribution in [-0.4, -0.2) is 39.2 Å². The van der Waals surface area contributed by atoms with Crippen molar-refractivity contribution in [1.82, 2.24) is 36.2 Å². The van der Waals surface area contributed by atoms with Crippen LogP contribution in [0.15, 0.2) is 67.0 Å². The second-order valence-electron chi connectivity index (χ2n) is 11.2. The fourth-order valence-corrected chi connectivity index (χ4v) is 6.12. The minimum Gasteiger partial charge on any atom is -0.368 e. The smallest absolute Gasteiger partial charge is 0.123 e. The predicted molar refractivity (Wildman–Crippen MR) is 153 cm³/mol. The first-order chi connectivity index (χ1) is 18.6. The van der Waals surface area contributed by atoms with Crippen LogP contribution in [-0.2, 0) is 0 Å². The van der Waals surface area contributed by atoms with E-state index in [2.05, 4.69) is 106 Å². The number of imidazole rings is 1. The largest absolute Gasteiger partial charge is 0.368 e. The number of hydrogen-bond acceptors (Lipinski definition) is 6. The summed E-state index contributed by atoms with van der Waals surface area (Å²) in [6.07, 6.45) is 9.00. The zero-order chi connectivity index (χ0) is 25.6. The Bertz CT molecular complexity index is 1490. The van der Waals surface area contributed by atoms with Crippen LogP contribution in [0.2, 0.25) is 0 Å². The van der Waals surface area contributed by atoms with Crippen molar-refractivity contribution in [3.8, 4) is 22.5 Å². The fraction of sp³-hybridized carbons (Fsp3) is 0.355. The van der Waals surface area contributed by atoms with E-state index in [9.17, 15) is 0 Å². The standard InChI is InChI=1S/C31H35N7/c1-18-3-11-26(34-18)30-32-16-28(37-30)21-7-5-20(6-8-21)22-9-13-24-23(15-22)10-14-25(36-24)29-17-33-31(38-29)27-12-4-19(2)35-27/h5-10,13-19,26-27,30,32,34-35,37H,3-4,11-12H2,1-2H3,(H,33,38)/t18-,19-,26-,27-,30?/m0/s1. The molecule has 4 aromatic rings. The molecule has 2 saturated heterocycles. The maximum atomic E-state index is 4.93. The summed E-state index contributed by atoms with van der Waals surface area (Å²) in [5.74, 6) is 1.00. The number of pyridine rings is 1. The summed E-state index contributed by atoms with van der Waals surface area (Å²) in [6.45, 7) is 4.48. The minimum absolute atomic E-state index is 0.254. The summed E-state index contributed by atoms with van der Waals surface area (Å²) in [7, 11) is 0. The van der Waals surface area contributed by atoms with Gasteiger partial charge in [0.1, 0.15) is 12.0 Å². The van der Waals surface area contributed by atoms with Crippen LogP contribution in [0, 0.1) is 0 Å². The second kappa shape index (κ2) is 9.57. The molecule has 3 aliphatic heterocycles. The summed E-state index contributed by atoms with van der Waals surface area (Å²) in [5.41, 5.74) is 7.61. The molecule has 194 valence electrons. The number of fused-ring (bicyclic) bond motifs is 1. The van der Waals surface area contributed by atoms with Gasteiger partial charge in [0.05, 0.1) is 34.8 Å². The average Bonchev–Trinajstić information content (AvgIpc) is 3.75. The van der Waals surface area contributed by atoms with Crippen LogP contribution in [0.3, 0.4) is 0 Å². The molecule has 7 rings (SSSR count). The molecule has 7 heteroatoms. The number of H-pyrrole nitrogens is 1. The van der Waals surface area contributed by atoms with E-state index in [0.29, 0.717) is 24.2 Å². The van der Waals surface area contributed by atoms with Crippen molar-refractivity contribution in [2.75, 3.05) is 0 Å². The third-order valence-corrected chi connectivity index (χ3v) is 8.32. The molecule has 38 heavy (non-hydrogen) atoms. The molecule has 0 saturated carbocycles. The molecule has 0 bridgehead atoms. The molecule has 2 aromatic heterocycles. The van der Waals surface area contributed by atoms with Gasteiger partial charge in [-0.3, -0.25) is 0 Å². The summed E-state index contributed by atoms with van der Waals surface area (Å²) < 4.78 is 0. The maximum absolute atomic E-state index is 4.93. The first-order valence-electron chi connectivity index (χ1n) is 13.9. The first-order valence-corrected chi connectivity index (χ1v) is 13.9. The number of nitrogens with zero attached hydrogens (tertiary/aromatic N) is 2. The molecule has 5 N–H and O–H groups in total. The van der Waals surface area contributed by atoms with Crippen molar-refractivity contribution in [3.05, 3.63) is 78.4 Å². The van der Waals surface area contributed by atoms with Crippen LogP contribution >= 0.6 is 0 Å². The molecule has 5 heterocycles. The van der Waals surface area contributed by atoms with Crippen LogP contribution < -0.4 is 21.3 Å². The monoisotopic (exact) mass is 505 g/mol. The number of nitrogens with one attached hydrogen (secondary N) is 5. The van der Waals surface area contributed by atoms with Crippen molar-refractivity contribution in [2.45, 2.75) is 69.9 Å². The highest BCUT2D eigenvalue weighted by molar-refractivity contribution is 5.86. The minimum atomic E-state index is 0.254. The first kappa shape index (κ1) is 23.4. The quantitative estimate of drug-likeness (QED) is 0.260. The van der Waals surface area contributed by atoms with Gasteiger partial charge in [-0.25, -0.2) is 9.97 Å². The Labute approximate surface area is 223 Å². The maximum Gasteiger partial charge on any atom is 0.123 e. The fourth-order valence-electron chi connectivity index (χ4n) is 6.12. The molecule has 5 atom stereocenters. The van der Waals surface area contributed by atoms with Gasteiger partial charge in [-0.05, 0) is 74.4 Å². The van der Waals surface area contributed by atoms with Crippen molar-refractivity contribution in [2.24, 2.45) is 0 Å². The second-order valence-corrected chi connectivity index (χ2v) is 11.2. The summed E-state index contributed by atoms with van der Waals surface area (Å²) in [4.78, 5) is 13.0. The van der Waals surface area contributed by atoms with Gasteiger partial charge in [-0.2, -0.15) is 0 Å². The lowest BCUT2D eigenvalue weighted by Gasteiger charge is -2.22. The Morgan fingerprint density at radius 2 is 1.58 bits per heavy atom. The van der Waals surface area contributed by atoms with Gasteiger partial charge >= 0.3 is 0 Å². The highest BCUT2D eigenvalue weighted by Gasteiger charge is 2.30. The molecule has 7 nitrogen and oxygen atoms in total. The molecule has 3 aliphatic rings. The zero-order valence-corrected chi connectivity index (χ0v) is 22.0. The van der Waals surface area contributed by atoms with Gasteiger partial charge in [0.15, 0.2) is 0 Å². The van der Waals surface area contributed by atoms with Gasteiger partial charge in [-0.1, -0.05) is 36.4 Å². The van der Waals surface area contributed by atoms with Crippen LogP contribution in [0.1, 0.15) is 57.0 Å². The number of aromatic nitrogens is 3. The van der Waals surface area contributed by atoms with Gasteiger partial charge in [0.2, 0.25) is 0 Å². The van der Waals surface area contributed by atoms with Crippen LogP contribution in [0.5, 0.6) is 0 Å². The predicted octanol–water partition coefficient (Wildman–Crippen LogP) is 5.06. The molecule has 0 aliphatic carbocycles. The number of benzene rings is 2. The van der Waals surface area contributed by atoms with Crippen LogP contribution in [0.25, 0.3) is 39.1 Å². The zero-order valence-electron chi connectivity index (χ0n) is 22.0. The van der Waals surface area contributed by atoms with E-state index in [1.165, 1.54) is 36.0 Å². The average molecular weight is 506 g/mol. The van der Waals surface area contributed by atoms with Gasteiger partial charge in [-0.15, -0.1) is 0 Å². The SMILES string of the molecule is C[C@H]1CC[C@@H](c2ncc(-c3ccc4cc(-c5ccc(C6=CNC([C@@H]7CC[C@H](C)N7)N6)cc5)ccc4n3)[nH]2)N1. The molecule has 2 fully saturated rings. The van der Waals surface area contributed by atoms with E-state index in [1.807, 2.05) is 6.20 Å². The summed E-state index contributed by atoms with van der Waals surface area (Å²) >= 11 is 0. The molecule has 2 aromatic carbocycles. The van der Waals surface area contributed by atoms with Crippen molar-refractivity contribution in [1.29, 1.82) is 0 Å². The molecule has 1 unspecified atom stereocenters. The van der Waals surface area contributed by atoms with E-state index in [4.69, 9.17) is 4.98 Å². The van der Waals surface area contributed by atoms with E-state index in [1.54, 1.807) is 0 Å². The van der Waals surface area contributed by atoms with Crippen molar-refractivity contribution >= 4 is 16.6 Å². The molecule has 0 spiro atoms. The lowest BCUT2D eigenvalue weighted by molar-refractivity contribution is 0.416. The summed E-state index contributed by atoms with van der Waals surface area (Å²) in [5, 5.41) is 15.6. The van der Waals surface area contributed by atoms with E-state index in [0.717, 1.165) is 40.2 Å². The Morgan fingerprint density at radius 3 is 2.37 bits per heavy atom. The highest BCUT2D eigenvalue weighted by Crippen LogP contribution is 2.29. The lowest BCUT2D eigenvalue weighted by atomic mass is 10.0. The van der Waals surface area contributed by atoms with E-state index in [-0.39, 0.29) is 6.17 Å². The summed E-state index contributed by atoms with van der Waals surface area (Å²) in [6, 6.07) is 21.4. The highest BCUT2D eigenvalue weighted by atomic mass is 15.2. The van der Waals surface area contributed by atoms with Gasteiger partial charge < -0.3 is 26.3 Å². The number of rotatable bonds is 5. The van der Waals surface area contributed by atoms with Gasteiger partial charge in [0.25, 0.3) is 0 Å². The normalized spacial score (nSPS) is 26.9. The van der Waals surface area contributed by atoms with Gasteiger partial charge in [0, 0.05) is 29.7 Å². The van der Waals surface area contributed by atoms with E-state index >= 15 is 0 Å². The topological polar surface area (TPSA) is 89.7 Å². The van der Waals surface area contributed by atoms with Crippen molar-refractivity contribution in [3.63, 3.8) is 0 Å². The van der Waals surface area contributed by atoms with Crippen molar-refractivity contribution < 1.29 is 0 Å². The third kappa shape index (κ3) is 4.46. The number of hydrogen-bond donors (Lipinski definition) is 5. The van der Waals surface area contributed by atoms with E-state index < -0.39 is 0 Å². The molecule has 0 amide bonds. The lowest BCUT2D eigenvalue weighted by Crippen LogP contribution is -2.49. The Balaban J connectivity index is 1.06.